The fourth-order valence-corrected chi connectivity index (χ4v) is 4.39. The number of esters is 1. The van der Waals surface area contributed by atoms with Gasteiger partial charge in [-0.3, -0.25) is 9.36 Å². The van der Waals surface area contributed by atoms with Crippen LogP contribution in [0.2, 0.25) is 0 Å². The van der Waals surface area contributed by atoms with Crippen LogP contribution in [0.4, 0.5) is 10.5 Å². The van der Waals surface area contributed by atoms with Gasteiger partial charge < -0.3 is 30.2 Å². The average Bonchev–Trinajstić information content (AvgIpc) is 3.39. The summed E-state index contributed by atoms with van der Waals surface area (Å²) >= 11 is 0. The van der Waals surface area contributed by atoms with Gasteiger partial charge in [0.25, 0.3) is 0 Å². The first-order valence-corrected chi connectivity index (χ1v) is 14.8. The van der Waals surface area contributed by atoms with E-state index in [2.05, 4.69) is 33.1 Å². The maximum atomic E-state index is 11.8. The van der Waals surface area contributed by atoms with Gasteiger partial charge in [0.15, 0.2) is 11.8 Å². The quantitative estimate of drug-likeness (QED) is 0.191. The number of alkyl carbamates (subject to hydrolysis) is 1. The Kier molecular flexibility index (Phi) is 11.0. The summed E-state index contributed by atoms with van der Waals surface area (Å²) in [6.45, 7) is 8.86. The molecule has 0 fully saturated rings. The number of nitrogens with one attached hydrogen (secondary N) is 3. The molecule has 0 radical (unpaired) electrons. The van der Waals surface area contributed by atoms with Gasteiger partial charge in [0.1, 0.15) is 23.0 Å². The highest BCUT2D eigenvalue weighted by atomic mass is 16.6. The lowest BCUT2D eigenvalue weighted by molar-refractivity contribution is -0.143. The predicted octanol–water partition coefficient (Wildman–Crippen LogP) is 3.80. The van der Waals surface area contributed by atoms with E-state index in [0.29, 0.717) is 26.2 Å². The van der Waals surface area contributed by atoms with Gasteiger partial charge in [-0.25, -0.2) is 14.8 Å². The van der Waals surface area contributed by atoms with Crippen molar-refractivity contribution >= 4 is 23.9 Å². The Bertz CT molecular complexity index is 1460. The van der Waals surface area contributed by atoms with Crippen LogP contribution in [-0.4, -0.2) is 53.3 Å². The van der Waals surface area contributed by atoms with Crippen LogP contribution >= 0.6 is 0 Å². The second kappa shape index (κ2) is 15.1. The zero-order valence-corrected chi connectivity index (χ0v) is 25.4. The first-order valence-electron chi connectivity index (χ1n) is 14.8. The maximum Gasteiger partial charge on any atom is 0.407 e. The Labute approximate surface area is 252 Å². The molecule has 2 aromatic carbocycles. The number of aromatic nitrogens is 2. The molecule has 0 bridgehead atoms. The summed E-state index contributed by atoms with van der Waals surface area (Å²) in [5, 5.41) is 10.2. The number of carbonyl (C=O) groups is 2. The Morgan fingerprint density at radius 1 is 1.02 bits per heavy atom. The minimum atomic E-state index is -0.498. The third-order valence-electron chi connectivity index (χ3n) is 6.43. The van der Waals surface area contributed by atoms with E-state index < -0.39 is 5.60 Å². The van der Waals surface area contributed by atoms with Crippen molar-refractivity contribution in [2.24, 2.45) is 4.99 Å². The lowest BCUT2D eigenvalue weighted by Crippen LogP contribution is -2.44. The minimum absolute atomic E-state index is 0.165. The van der Waals surface area contributed by atoms with Crippen molar-refractivity contribution in [1.29, 1.82) is 0 Å². The number of ether oxygens (including phenoxy) is 3. The van der Waals surface area contributed by atoms with Crippen molar-refractivity contribution in [1.82, 2.24) is 20.2 Å². The van der Waals surface area contributed by atoms with Gasteiger partial charge in [0, 0.05) is 30.5 Å². The second-order valence-electron chi connectivity index (χ2n) is 11.1. The molecular formula is C32H42N6O5. The molecule has 1 atom stereocenters. The molecule has 0 saturated carbocycles. The van der Waals surface area contributed by atoms with Crippen LogP contribution in [0.1, 0.15) is 58.9 Å². The molecule has 4 rings (SSSR count). The Hall–Kier alpha value is -4.54. The number of unbranched alkanes of at least 4 members (excludes halogenated alkanes) is 1. The first-order chi connectivity index (χ1) is 20.7. The van der Waals surface area contributed by atoms with Crippen molar-refractivity contribution in [3.8, 4) is 11.4 Å². The van der Waals surface area contributed by atoms with E-state index in [1.807, 2.05) is 74.9 Å². The fourth-order valence-electron chi connectivity index (χ4n) is 4.39. The smallest absolute Gasteiger partial charge is 0.407 e. The van der Waals surface area contributed by atoms with Gasteiger partial charge in [-0.15, -0.1) is 0 Å². The molecule has 0 spiro atoms. The van der Waals surface area contributed by atoms with Crippen molar-refractivity contribution in [2.75, 3.05) is 25.1 Å². The van der Waals surface area contributed by atoms with Crippen molar-refractivity contribution in [3.05, 3.63) is 71.3 Å². The van der Waals surface area contributed by atoms with Crippen LogP contribution in [0.25, 0.3) is 11.9 Å². The molecule has 11 nitrogen and oxygen atoms in total. The number of aryl methyl sites for hydroxylation is 1. The fraction of sp³-hybridized carbons (Fsp3) is 0.438. The molecule has 11 heteroatoms. The van der Waals surface area contributed by atoms with Gasteiger partial charge in [-0.1, -0.05) is 12.1 Å². The molecule has 1 aliphatic heterocycles. The molecule has 0 aliphatic carbocycles. The first kappa shape index (κ1) is 31.4. The topological polar surface area (TPSA) is 128 Å². The molecule has 1 amide bonds. The second-order valence-corrected chi connectivity index (χ2v) is 11.1. The molecule has 3 aromatic rings. The lowest BCUT2D eigenvalue weighted by Gasteiger charge is -2.19. The van der Waals surface area contributed by atoms with Crippen LogP contribution in [0.15, 0.2) is 59.9 Å². The number of hydrogen-bond acceptors (Lipinski definition) is 9. The van der Waals surface area contributed by atoms with Crippen molar-refractivity contribution in [2.45, 2.75) is 71.7 Å². The number of imidazole rings is 1. The van der Waals surface area contributed by atoms with Crippen LogP contribution in [0.3, 0.4) is 0 Å². The molecule has 0 saturated heterocycles. The van der Waals surface area contributed by atoms with Gasteiger partial charge in [-0.05, 0) is 95.3 Å². The maximum absolute atomic E-state index is 11.8. The number of anilines is 1. The largest absolute Gasteiger partial charge is 0.494 e. The zero-order chi connectivity index (χ0) is 30.7. The third kappa shape index (κ3) is 10.1. The number of carbonyl (C=O) groups excluding carboxylic acids is 2. The van der Waals surface area contributed by atoms with Crippen molar-refractivity contribution < 1.29 is 23.8 Å². The van der Waals surface area contributed by atoms with E-state index >= 15 is 0 Å². The molecule has 230 valence electrons. The molecule has 43 heavy (non-hydrogen) atoms. The molecule has 1 aliphatic rings. The number of hydrogen-bond donors (Lipinski definition) is 3. The van der Waals surface area contributed by atoms with E-state index in [1.54, 1.807) is 6.33 Å². The molecule has 1 aromatic heterocycles. The lowest BCUT2D eigenvalue weighted by atomic mass is 10.1. The van der Waals surface area contributed by atoms with Gasteiger partial charge in [-0.2, -0.15) is 0 Å². The number of fused-ring (bicyclic) bond motifs is 1. The molecule has 1 unspecified atom stereocenters. The number of nitrogens with zero attached hydrogens (tertiary/aromatic N) is 3. The van der Waals surface area contributed by atoms with E-state index in [9.17, 15) is 9.59 Å². The Balaban J connectivity index is 1.26. The highest BCUT2D eigenvalue weighted by Gasteiger charge is 2.15. The highest BCUT2D eigenvalue weighted by Crippen LogP contribution is 2.16. The van der Waals surface area contributed by atoms with Gasteiger partial charge >= 0.3 is 12.1 Å². The summed E-state index contributed by atoms with van der Waals surface area (Å²) in [4.78, 5) is 32.6. The summed E-state index contributed by atoms with van der Waals surface area (Å²) in [7, 11) is 0. The Morgan fingerprint density at radius 3 is 2.51 bits per heavy atom. The summed E-state index contributed by atoms with van der Waals surface area (Å²) in [5.74, 6) is 0.600. The third-order valence-corrected chi connectivity index (χ3v) is 6.43. The minimum Gasteiger partial charge on any atom is -0.494 e. The summed E-state index contributed by atoms with van der Waals surface area (Å²) in [5.41, 5.74) is 3.29. The van der Waals surface area contributed by atoms with Crippen molar-refractivity contribution in [3.63, 3.8) is 0 Å². The van der Waals surface area contributed by atoms with Crippen LogP contribution in [0.5, 0.6) is 5.75 Å². The SMILES string of the molecule is CCOC(=O)CCCCOc1ccc(-n2cnc3c2=NC(Nc2ccc(CCCNC(=O)OC(C)(C)C)cc2)NC=3)cc1. The number of benzene rings is 2. The van der Waals surface area contributed by atoms with Crippen LogP contribution in [0, 0.1) is 0 Å². The summed E-state index contributed by atoms with van der Waals surface area (Å²) in [6.07, 6.45) is 6.45. The van der Waals surface area contributed by atoms with E-state index in [-0.39, 0.29) is 18.4 Å². The summed E-state index contributed by atoms with van der Waals surface area (Å²) in [6, 6.07) is 16.0. The molecule has 3 N–H and O–H groups in total. The number of rotatable bonds is 14. The van der Waals surface area contributed by atoms with Crippen LogP contribution in [-0.2, 0) is 20.7 Å². The molecular weight excluding hydrogens is 548 g/mol. The average molecular weight is 591 g/mol. The van der Waals surface area contributed by atoms with Crippen LogP contribution < -0.4 is 31.5 Å². The predicted molar refractivity (Wildman–Crippen MR) is 164 cm³/mol. The zero-order valence-electron chi connectivity index (χ0n) is 25.4. The standard InChI is InChI=1S/C32H42N6O5/c1-5-41-28(39)10-6-7-20-42-26-17-15-25(16-18-26)38-22-35-27-21-34-30(37-29(27)38)36-24-13-11-23(12-14-24)9-8-19-33-31(40)43-32(2,3)4/h11-18,21-22,30,34,36H,5-10,19-20H2,1-4H3,(H,33,40). The number of amides is 1. The highest BCUT2D eigenvalue weighted by molar-refractivity contribution is 5.69. The molecule has 2 heterocycles. The van der Waals surface area contributed by atoms with E-state index in [0.717, 1.165) is 53.6 Å². The monoisotopic (exact) mass is 590 g/mol. The Morgan fingerprint density at radius 2 is 1.79 bits per heavy atom. The van der Waals surface area contributed by atoms with E-state index in [1.165, 1.54) is 5.56 Å². The van der Waals surface area contributed by atoms with E-state index in [4.69, 9.17) is 19.2 Å². The van der Waals surface area contributed by atoms with Gasteiger partial charge in [0.2, 0.25) is 0 Å². The summed E-state index contributed by atoms with van der Waals surface area (Å²) < 4.78 is 18.0. The van der Waals surface area contributed by atoms with Gasteiger partial charge in [0.05, 0.1) is 13.2 Å². The normalized spacial score (nSPS) is 13.9.